The van der Waals surface area contributed by atoms with Gasteiger partial charge in [-0.05, 0) is 40.5 Å². The van der Waals surface area contributed by atoms with Gasteiger partial charge in [-0.1, -0.05) is 12.1 Å². The molecule has 128 valence electrons. The fourth-order valence-corrected chi connectivity index (χ4v) is 2.83. The molecule has 0 aliphatic carbocycles. The minimum Gasteiger partial charge on any atom is -0.444 e. The molecule has 23 heavy (non-hydrogen) atoms. The molecule has 1 aliphatic heterocycles. The monoisotopic (exact) mass is 322 g/mol. The van der Waals surface area contributed by atoms with E-state index in [9.17, 15) is 9.59 Å². The van der Waals surface area contributed by atoms with E-state index in [4.69, 9.17) is 9.26 Å². The molecule has 2 rings (SSSR count). The van der Waals surface area contributed by atoms with Crippen molar-refractivity contribution < 1.29 is 18.8 Å². The molecule has 0 atom stereocenters. The first-order valence-corrected chi connectivity index (χ1v) is 8.20. The maximum Gasteiger partial charge on any atom is 0.410 e. The number of nitrogens with zero attached hydrogens (tertiary/aromatic N) is 2. The topological polar surface area (TPSA) is 72.6 Å². The number of carbonyl (C=O) groups excluding carboxylic acids is 2. The average Bonchev–Trinajstić information content (AvgIpc) is 2.86. The first-order valence-electron chi connectivity index (χ1n) is 8.20. The van der Waals surface area contributed by atoms with Crippen molar-refractivity contribution in [3.05, 3.63) is 17.0 Å². The summed E-state index contributed by atoms with van der Waals surface area (Å²) in [6.07, 6.45) is 1.65. The van der Waals surface area contributed by atoms with E-state index in [0.717, 1.165) is 12.8 Å². The SMILES string of the molecule is CCC(=O)c1c(C)noc1C1CCN(C(=O)OC(C)(C)C)CC1. The van der Waals surface area contributed by atoms with Gasteiger partial charge in [0.25, 0.3) is 0 Å². The number of piperidine rings is 1. The number of hydrogen-bond donors (Lipinski definition) is 0. The second kappa shape index (κ2) is 6.72. The maximum absolute atomic E-state index is 12.1. The minimum atomic E-state index is -0.489. The Kier molecular flexibility index (Phi) is 5.12. The van der Waals surface area contributed by atoms with Crippen LogP contribution in [-0.2, 0) is 4.74 Å². The Hall–Kier alpha value is -1.85. The van der Waals surface area contributed by atoms with Gasteiger partial charge in [-0.3, -0.25) is 4.79 Å². The van der Waals surface area contributed by atoms with Crippen molar-refractivity contribution in [1.82, 2.24) is 10.1 Å². The minimum absolute atomic E-state index is 0.0633. The molecule has 0 aromatic carbocycles. The Morgan fingerprint density at radius 1 is 1.30 bits per heavy atom. The van der Waals surface area contributed by atoms with Gasteiger partial charge in [-0.15, -0.1) is 0 Å². The largest absolute Gasteiger partial charge is 0.444 e. The van der Waals surface area contributed by atoms with E-state index in [1.54, 1.807) is 11.8 Å². The standard InChI is InChI=1S/C17H26N2O4/c1-6-13(20)14-11(2)18-23-15(14)12-7-9-19(10-8-12)16(21)22-17(3,4)5/h12H,6-10H2,1-5H3. The van der Waals surface area contributed by atoms with E-state index >= 15 is 0 Å². The van der Waals surface area contributed by atoms with Gasteiger partial charge < -0.3 is 14.2 Å². The van der Waals surface area contributed by atoms with Crippen LogP contribution in [-0.4, -0.2) is 40.6 Å². The fraction of sp³-hybridized carbons (Fsp3) is 0.706. The van der Waals surface area contributed by atoms with Crippen LogP contribution in [0.15, 0.2) is 4.52 Å². The van der Waals surface area contributed by atoms with Crippen molar-refractivity contribution in [3.63, 3.8) is 0 Å². The Balaban J connectivity index is 2.03. The molecule has 1 aromatic heterocycles. The highest BCUT2D eigenvalue weighted by atomic mass is 16.6. The lowest BCUT2D eigenvalue weighted by Gasteiger charge is -2.32. The third kappa shape index (κ3) is 4.12. The second-order valence-electron chi connectivity index (χ2n) is 7.03. The highest BCUT2D eigenvalue weighted by molar-refractivity contribution is 5.97. The van der Waals surface area contributed by atoms with Crippen LogP contribution in [0.5, 0.6) is 0 Å². The number of aromatic nitrogens is 1. The number of carbonyl (C=O) groups is 2. The maximum atomic E-state index is 12.1. The molecule has 1 amide bonds. The quantitative estimate of drug-likeness (QED) is 0.794. The lowest BCUT2D eigenvalue weighted by Crippen LogP contribution is -2.41. The van der Waals surface area contributed by atoms with E-state index in [1.807, 2.05) is 27.7 Å². The zero-order valence-electron chi connectivity index (χ0n) is 14.6. The molecular weight excluding hydrogens is 296 g/mol. The summed E-state index contributed by atoms with van der Waals surface area (Å²) in [6.45, 7) is 10.4. The summed E-state index contributed by atoms with van der Waals surface area (Å²) in [5, 5.41) is 3.96. The van der Waals surface area contributed by atoms with Gasteiger partial charge in [-0.2, -0.15) is 0 Å². The number of amides is 1. The Bertz CT molecular complexity index is 578. The Labute approximate surface area is 137 Å². The molecule has 1 aliphatic rings. The number of hydrogen-bond acceptors (Lipinski definition) is 5. The Morgan fingerprint density at radius 2 is 1.91 bits per heavy atom. The van der Waals surface area contributed by atoms with Crippen molar-refractivity contribution in [2.24, 2.45) is 0 Å². The van der Waals surface area contributed by atoms with Crippen LogP contribution in [0.25, 0.3) is 0 Å². The van der Waals surface area contributed by atoms with Gasteiger partial charge in [0, 0.05) is 25.4 Å². The van der Waals surface area contributed by atoms with Crippen LogP contribution in [0.3, 0.4) is 0 Å². The summed E-state index contributed by atoms with van der Waals surface area (Å²) in [4.78, 5) is 25.9. The summed E-state index contributed by atoms with van der Waals surface area (Å²) in [5.41, 5.74) is 0.793. The first-order chi connectivity index (χ1) is 10.7. The zero-order chi connectivity index (χ0) is 17.2. The van der Waals surface area contributed by atoms with E-state index < -0.39 is 5.60 Å². The molecule has 0 spiro atoms. The molecule has 1 aromatic rings. The lowest BCUT2D eigenvalue weighted by molar-refractivity contribution is 0.0198. The van der Waals surface area contributed by atoms with Crippen molar-refractivity contribution in [2.75, 3.05) is 13.1 Å². The summed E-state index contributed by atoms with van der Waals surface area (Å²) >= 11 is 0. The number of Topliss-reactive ketones (excluding diaryl/α,β-unsaturated/α-hetero) is 1. The number of ketones is 1. The van der Waals surface area contributed by atoms with Crippen molar-refractivity contribution in [2.45, 2.75) is 65.4 Å². The van der Waals surface area contributed by atoms with Crippen molar-refractivity contribution in [3.8, 4) is 0 Å². The molecule has 0 unspecified atom stereocenters. The van der Waals surface area contributed by atoms with E-state index in [-0.39, 0.29) is 17.8 Å². The summed E-state index contributed by atoms with van der Waals surface area (Å²) < 4.78 is 10.8. The van der Waals surface area contributed by atoms with Gasteiger partial charge in [0.2, 0.25) is 0 Å². The second-order valence-corrected chi connectivity index (χ2v) is 7.03. The highest BCUT2D eigenvalue weighted by Crippen LogP contribution is 2.32. The summed E-state index contributed by atoms with van der Waals surface area (Å²) in [5.74, 6) is 0.867. The van der Waals surface area contributed by atoms with Crippen LogP contribution < -0.4 is 0 Å². The molecule has 0 saturated carbocycles. The van der Waals surface area contributed by atoms with Crippen LogP contribution in [0.1, 0.15) is 74.7 Å². The van der Waals surface area contributed by atoms with Gasteiger partial charge in [0.15, 0.2) is 11.5 Å². The smallest absolute Gasteiger partial charge is 0.410 e. The predicted octanol–water partition coefficient (Wildman–Crippen LogP) is 3.69. The van der Waals surface area contributed by atoms with Gasteiger partial charge in [-0.25, -0.2) is 4.79 Å². The van der Waals surface area contributed by atoms with E-state index in [2.05, 4.69) is 5.16 Å². The third-order valence-electron chi connectivity index (χ3n) is 4.01. The zero-order valence-corrected chi connectivity index (χ0v) is 14.6. The molecule has 6 heteroatoms. The number of aryl methyl sites for hydroxylation is 1. The van der Waals surface area contributed by atoms with Gasteiger partial charge in [0.05, 0.1) is 11.3 Å². The number of likely N-dealkylation sites (tertiary alicyclic amines) is 1. The van der Waals surface area contributed by atoms with Gasteiger partial charge >= 0.3 is 6.09 Å². The van der Waals surface area contributed by atoms with Crippen LogP contribution in [0.2, 0.25) is 0 Å². The van der Waals surface area contributed by atoms with Crippen molar-refractivity contribution in [1.29, 1.82) is 0 Å². The van der Waals surface area contributed by atoms with Crippen LogP contribution in [0, 0.1) is 6.92 Å². The molecular formula is C17H26N2O4. The molecule has 1 saturated heterocycles. The summed E-state index contributed by atoms with van der Waals surface area (Å²) in [6, 6.07) is 0. The first kappa shape index (κ1) is 17.5. The van der Waals surface area contributed by atoms with Crippen molar-refractivity contribution >= 4 is 11.9 Å². The van der Waals surface area contributed by atoms with Crippen LogP contribution >= 0.6 is 0 Å². The average molecular weight is 322 g/mol. The van der Waals surface area contributed by atoms with E-state index in [0.29, 0.717) is 36.5 Å². The third-order valence-corrected chi connectivity index (χ3v) is 4.01. The molecule has 1 fully saturated rings. The molecule has 6 nitrogen and oxygen atoms in total. The molecule has 2 heterocycles. The molecule has 0 bridgehead atoms. The molecule has 0 N–H and O–H groups in total. The predicted molar refractivity (Wildman–Crippen MR) is 85.6 cm³/mol. The molecule has 0 radical (unpaired) electrons. The normalized spacial score (nSPS) is 16.5. The number of rotatable bonds is 3. The number of ether oxygens (including phenoxy) is 1. The van der Waals surface area contributed by atoms with Gasteiger partial charge in [0.1, 0.15) is 5.60 Å². The van der Waals surface area contributed by atoms with Crippen LogP contribution in [0.4, 0.5) is 4.79 Å². The lowest BCUT2D eigenvalue weighted by atomic mass is 9.90. The van der Waals surface area contributed by atoms with E-state index in [1.165, 1.54) is 0 Å². The fourth-order valence-electron chi connectivity index (χ4n) is 2.83. The summed E-state index contributed by atoms with van der Waals surface area (Å²) in [7, 11) is 0. The Morgan fingerprint density at radius 3 is 2.43 bits per heavy atom. The highest BCUT2D eigenvalue weighted by Gasteiger charge is 2.32.